The molecule has 2 aliphatic rings. The number of aromatic amines is 2. The van der Waals surface area contributed by atoms with Gasteiger partial charge >= 0.3 is 0 Å². The van der Waals surface area contributed by atoms with Crippen LogP contribution in [0.25, 0.3) is 89.7 Å². The summed E-state index contributed by atoms with van der Waals surface area (Å²) in [7, 11) is 0. The standard InChI is InChI=1S/C34H22N8O.Cu/c43-17-16-18-8-7-15-25-26(18)34-41-32-24-14-6-5-13-23(24)30(39-32)37-28-20-10-2-1-9-19(20)27(35-28)36-29-21-11-3-4-12-22(21)31(38-29)40-33(25)42-34;/h1-15,43H,16-17H2,(H2,35,36,37,38,39,40,41,42);. The van der Waals surface area contributed by atoms with Crippen molar-refractivity contribution in [1.82, 2.24) is 39.9 Å². The van der Waals surface area contributed by atoms with Gasteiger partial charge in [0.05, 0.1) is 0 Å². The normalized spacial score (nSPS) is 11.8. The second-order valence-electron chi connectivity index (χ2n) is 10.6. The molecule has 0 atom stereocenters. The van der Waals surface area contributed by atoms with Gasteiger partial charge in [0, 0.05) is 67.5 Å². The molecule has 0 unspecified atom stereocenters. The van der Waals surface area contributed by atoms with Crippen LogP contribution in [0.4, 0.5) is 0 Å². The van der Waals surface area contributed by atoms with Crippen molar-refractivity contribution in [3.8, 4) is 45.6 Å². The number of H-pyrrole nitrogens is 2. The molecular formula is C34H22CuN8O. The molecule has 10 heteroatoms. The Bertz CT molecular complexity index is 2440. The molecule has 9 nitrogen and oxygen atoms in total. The fourth-order valence-corrected chi connectivity index (χ4v) is 6.09. The first kappa shape index (κ1) is 26.4. The van der Waals surface area contributed by atoms with Crippen LogP contribution >= 0.6 is 0 Å². The Kier molecular flexibility index (Phi) is 6.09. The quantitative estimate of drug-likeness (QED) is 0.190. The summed E-state index contributed by atoms with van der Waals surface area (Å²) in [4.78, 5) is 37.0. The Morgan fingerprint density at radius 1 is 0.455 bits per heavy atom. The number of rotatable bonds is 2. The summed E-state index contributed by atoms with van der Waals surface area (Å²) in [6.45, 7) is 0.0165. The first-order valence-electron chi connectivity index (χ1n) is 14.1. The van der Waals surface area contributed by atoms with Gasteiger partial charge in [0.2, 0.25) is 0 Å². The second kappa shape index (κ2) is 10.2. The van der Waals surface area contributed by atoms with Crippen LogP contribution in [-0.4, -0.2) is 51.6 Å². The van der Waals surface area contributed by atoms with Crippen LogP contribution in [0.5, 0.6) is 0 Å². The first-order valence-corrected chi connectivity index (χ1v) is 14.1. The van der Waals surface area contributed by atoms with Crippen LogP contribution in [0.2, 0.25) is 0 Å². The monoisotopic (exact) mass is 621 g/mol. The van der Waals surface area contributed by atoms with Gasteiger partial charge in [0.1, 0.15) is 22.6 Å². The summed E-state index contributed by atoms with van der Waals surface area (Å²) in [5.74, 6) is 2.25. The van der Waals surface area contributed by atoms with E-state index in [-0.39, 0.29) is 23.7 Å². The summed E-state index contributed by atoms with van der Waals surface area (Å²) in [6, 6.07) is 30.0. The Hall–Kier alpha value is -5.28. The molecule has 0 saturated heterocycles. The number of hydrogen-bond acceptors (Lipinski definition) is 7. The number of nitrogens with zero attached hydrogens (tertiary/aromatic N) is 6. The Morgan fingerprint density at radius 2 is 0.864 bits per heavy atom. The van der Waals surface area contributed by atoms with Crippen LogP contribution in [0, 0.1) is 0 Å². The zero-order chi connectivity index (χ0) is 28.5. The van der Waals surface area contributed by atoms with E-state index in [1.54, 1.807) is 0 Å². The van der Waals surface area contributed by atoms with Gasteiger partial charge in [-0.05, 0) is 12.0 Å². The summed E-state index contributed by atoms with van der Waals surface area (Å²) in [6.07, 6.45) is 0.482. The van der Waals surface area contributed by atoms with E-state index in [0.717, 1.165) is 49.4 Å². The zero-order valence-corrected chi connectivity index (χ0v) is 23.9. The maximum absolute atomic E-state index is 9.86. The topological polar surface area (TPSA) is 129 Å². The van der Waals surface area contributed by atoms with Crippen LogP contribution in [0.3, 0.4) is 0 Å². The van der Waals surface area contributed by atoms with Gasteiger partial charge in [0.15, 0.2) is 23.3 Å². The number of benzene rings is 4. The summed E-state index contributed by atoms with van der Waals surface area (Å²) in [5, 5.41) is 13.5. The molecule has 0 saturated carbocycles. The molecule has 5 heterocycles. The van der Waals surface area contributed by atoms with E-state index >= 15 is 0 Å². The Balaban J connectivity index is 0.00000289. The Labute approximate surface area is 260 Å². The van der Waals surface area contributed by atoms with E-state index in [2.05, 4.69) is 9.97 Å². The van der Waals surface area contributed by atoms with Crippen molar-refractivity contribution >= 4 is 44.1 Å². The van der Waals surface area contributed by atoms with Gasteiger partial charge in [0.25, 0.3) is 0 Å². The molecule has 4 aromatic carbocycles. The van der Waals surface area contributed by atoms with Crippen LogP contribution in [-0.2, 0) is 23.5 Å². The van der Waals surface area contributed by atoms with E-state index in [0.29, 0.717) is 52.3 Å². The second-order valence-corrected chi connectivity index (χ2v) is 10.6. The van der Waals surface area contributed by atoms with Crippen molar-refractivity contribution in [3.05, 3.63) is 96.6 Å². The minimum absolute atomic E-state index is 0. The van der Waals surface area contributed by atoms with E-state index in [9.17, 15) is 5.11 Å². The average molecular weight is 622 g/mol. The molecule has 0 aliphatic carbocycles. The minimum atomic E-state index is 0. The molecule has 1 radical (unpaired) electrons. The van der Waals surface area contributed by atoms with Crippen molar-refractivity contribution in [2.24, 2.45) is 0 Å². The molecular weight excluding hydrogens is 600 g/mol. The van der Waals surface area contributed by atoms with Crippen LogP contribution < -0.4 is 0 Å². The van der Waals surface area contributed by atoms with Crippen LogP contribution in [0.15, 0.2) is 91.0 Å². The maximum atomic E-state index is 9.86. The van der Waals surface area contributed by atoms with Gasteiger partial charge < -0.3 is 15.1 Å². The average Bonchev–Trinajstić information content (AvgIpc) is 3.77. The molecule has 0 fully saturated rings. The molecule has 9 rings (SSSR count). The van der Waals surface area contributed by atoms with E-state index in [1.165, 1.54) is 0 Å². The molecule has 44 heavy (non-hydrogen) atoms. The largest absolute Gasteiger partial charge is 0.396 e. The van der Waals surface area contributed by atoms with Crippen molar-refractivity contribution in [2.75, 3.05) is 6.61 Å². The van der Waals surface area contributed by atoms with E-state index in [1.807, 2.05) is 91.0 Å². The van der Waals surface area contributed by atoms with Crippen molar-refractivity contribution in [1.29, 1.82) is 0 Å². The summed E-state index contributed by atoms with van der Waals surface area (Å²) in [5.41, 5.74) is 7.12. The van der Waals surface area contributed by atoms with Gasteiger partial charge in [-0.25, -0.2) is 29.9 Å². The molecule has 0 amide bonds. The molecule has 7 aromatic rings. The Morgan fingerprint density at radius 3 is 1.36 bits per heavy atom. The van der Waals surface area contributed by atoms with Gasteiger partial charge in [-0.2, -0.15) is 0 Å². The predicted molar refractivity (Wildman–Crippen MR) is 167 cm³/mol. The van der Waals surface area contributed by atoms with Crippen molar-refractivity contribution in [2.45, 2.75) is 6.42 Å². The molecule has 8 bridgehead atoms. The van der Waals surface area contributed by atoms with Crippen molar-refractivity contribution in [3.63, 3.8) is 0 Å². The number of aliphatic hydroxyl groups excluding tert-OH is 1. The maximum Gasteiger partial charge on any atom is 0.164 e. The van der Waals surface area contributed by atoms with E-state index in [4.69, 9.17) is 29.9 Å². The van der Waals surface area contributed by atoms with Crippen LogP contribution in [0.1, 0.15) is 5.56 Å². The fourth-order valence-electron chi connectivity index (χ4n) is 6.09. The van der Waals surface area contributed by atoms with Gasteiger partial charge in [-0.1, -0.05) is 91.0 Å². The predicted octanol–water partition coefficient (Wildman–Crippen LogP) is 6.40. The summed E-state index contributed by atoms with van der Waals surface area (Å²) < 4.78 is 0. The minimum Gasteiger partial charge on any atom is -0.396 e. The SMILES string of the molecule is OCCc1cccc2c3nc4nc(nc5[nH]c(nc6nc(nc([nH]3)c12)-c1ccccc1-6)c1ccccc51)-c1ccccc1-4.[Cu]. The molecule has 2 aliphatic heterocycles. The van der Waals surface area contributed by atoms with Gasteiger partial charge in [-0.15, -0.1) is 0 Å². The molecule has 0 spiro atoms. The molecule has 3 aromatic heterocycles. The zero-order valence-electron chi connectivity index (χ0n) is 23.0. The number of aromatic nitrogens is 8. The number of hydrogen-bond donors (Lipinski definition) is 3. The fraction of sp³-hybridized carbons (Fsp3) is 0.0588. The summed E-state index contributed by atoms with van der Waals surface area (Å²) >= 11 is 0. The third-order valence-corrected chi connectivity index (χ3v) is 8.05. The molecule has 3 N–H and O–H groups in total. The number of fused-ring (bicyclic) bond motifs is 20. The third kappa shape index (κ3) is 3.96. The van der Waals surface area contributed by atoms with Crippen molar-refractivity contribution < 1.29 is 22.2 Å². The first-order chi connectivity index (χ1) is 21.2. The van der Waals surface area contributed by atoms with E-state index < -0.39 is 0 Å². The third-order valence-electron chi connectivity index (χ3n) is 8.05. The number of aliphatic hydroxyl groups is 1. The number of nitrogens with one attached hydrogen (secondary N) is 2. The van der Waals surface area contributed by atoms with Gasteiger partial charge in [-0.3, -0.25) is 0 Å². The molecule has 215 valence electrons. The smallest absolute Gasteiger partial charge is 0.164 e.